The van der Waals surface area contributed by atoms with Crippen LogP contribution < -0.4 is 9.75 Å². The minimum absolute atomic E-state index is 0.232. The number of nitrogens with zero attached hydrogens (tertiary/aromatic N) is 2. The van der Waals surface area contributed by atoms with Gasteiger partial charge in [0.05, 0.1) is 25.3 Å². The van der Waals surface area contributed by atoms with Gasteiger partial charge in [-0.15, -0.1) is 0 Å². The summed E-state index contributed by atoms with van der Waals surface area (Å²) in [5, 5.41) is 6.39. The fourth-order valence-corrected chi connectivity index (χ4v) is 2.91. The van der Waals surface area contributed by atoms with Gasteiger partial charge in [-0.05, 0) is 49.8 Å². The molecule has 2 aromatic rings. The van der Waals surface area contributed by atoms with Crippen molar-refractivity contribution in [2.24, 2.45) is 5.10 Å². The molecule has 0 radical (unpaired) electrons. The lowest BCUT2D eigenvalue weighted by atomic mass is 9.92. The zero-order chi connectivity index (χ0) is 18.5. The van der Waals surface area contributed by atoms with Gasteiger partial charge in [0, 0.05) is 5.70 Å². The third-order valence-electron chi connectivity index (χ3n) is 4.20. The van der Waals surface area contributed by atoms with Crippen molar-refractivity contribution in [3.8, 4) is 5.75 Å². The molecule has 1 atom stereocenters. The molecule has 0 aliphatic carbocycles. The first-order valence-electron chi connectivity index (χ1n) is 8.57. The fourth-order valence-electron chi connectivity index (χ4n) is 2.91. The van der Waals surface area contributed by atoms with E-state index in [9.17, 15) is 4.79 Å². The van der Waals surface area contributed by atoms with Gasteiger partial charge in [0.2, 0.25) is 0 Å². The number of carbonyl (C=O) groups excluding carboxylic acids is 1. The van der Waals surface area contributed by atoms with Crippen LogP contribution in [0.5, 0.6) is 5.75 Å². The number of rotatable bonds is 5. The van der Waals surface area contributed by atoms with Crippen molar-refractivity contribution in [2.45, 2.75) is 19.8 Å². The Kier molecular flexibility index (Phi) is 5.37. The molecule has 0 fully saturated rings. The van der Waals surface area contributed by atoms with Crippen molar-refractivity contribution in [2.75, 3.05) is 18.7 Å². The van der Waals surface area contributed by atoms with Gasteiger partial charge in [0.15, 0.2) is 5.71 Å². The van der Waals surface area contributed by atoms with Gasteiger partial charge in [0.1, 0.15) is 5.75 Å². The molecule has 1 aliphatic rings. The van der Waals surface area contributed by atoms with Crippen molar-refractivity contribution in [3.63, 3.8) is 0 Å². The van der Waals surface area contributed by atoms with Crippen LogP contribution in [0.1, 0.15) is 25.3 Å². The molecular weight excluding hydrogens is 328 g/mol. The van der Waals surface area contributed by atoms with Gasteiger partial charge in [-0.1, -0.05) is 30.3 Å². The zero-order valence-electron chi connectivity index (χ0n) is 15.2. The third-order valence-corrected chi connectivity index (χ3v) is 4.20. The lowest BCUT2D eigenvalue weighted by Gasteiger charge is -2.29. The van der Waals surface area contributed by atoms with Crippen LogP contribution in [-0.4, -0.2) is 25.4 Å². The van der Waals surface area contributed by atoms with Gasteiger partial charge in [-0.25, -0.2) is 9.80 Å². The lowest BCUT2D eigenvalue weighted by Crippen LogP contribution is -2.32. The smallest absolute Gasteiger partial charge is 0.355 e. The number of ether oxygens (including phenoxy) is 2. The molecule has 0 spiro atoms. The molecule has 26 heavy (non-hydrogen) atoms. The highest BCUT2D eigenvalue weighted by atomic mass is 16.5. The number of methoxy groups -OCH3 is 1. The Morgan fingerprint density at radius 3 is 2.42 bits per heavy atom. The van der Waals surface area contributed by atoms with E-state index in [4.69, 9.17) is 9.47 Å². The molecule has 3 rings (SSSR count). The predicted molar refractivity (Wildman–Crippen MR) is 102 cm³/mol. The minimum atomic E-state index is -0.399. The molecule has 1 heterocycles. The SMILES string of the molecule is CCOC(=O)C1=NN(c2ccc(OC)cc2)C(C)=C[C@@H]1c1ccccc1. The van der Waals surface area contributed by atoms with Gasteiger partial charge < -0.3 is 9.47 Å². The van der Waals surface area contributed by atoms with Crippen molar-refractivity contribution >= 4 is 17.4 Å². The van der Waals surface area contributed by atoms with Crippen LogP contribution in [0.15, 0.2) is 71.5 Å². The second-order valence-electron chi connectivity index (χ2n) is 5.91. The zero-order valence-corrected chi connectivity index (χ0v) is 15.2. The molecule has 0 bridgehead atoms. The summed E-state index contributed by atoms with van der Waals surface area (Å²) in [6.07, 6.45) is 2.04. The second kappa shape index (κ2) is 7.87. The average molecular weight is 350 g/mol. The van der Waals surface area contributed by atoms with Crippen LogP contribution in [-0.2, 0) is 9.53 Å². The number of hydrogen-bond acceptors (Lipinski definition) is 5. The molecule has 5 heteroatoms. The largest absolute Gasteiger partial charge is 0.497 e. The van der Waals surface area contributed by atoms with Crippen LogP contribution >= 0.6 is 0 Å². The molecule has 5 nitrogen and oxygen atoms in total. The normalized spacial score (nSPS) is 16.6. The molecule has 1 aliphatic heterocycles. The Morgan fingerprint density at radius 1 is 1.12 bits per heavy atom. The summed E-state index contributed by atoms with van der Waals surface area (Å²) >= 11 is 0. The maximum absolute atomic E-state index is 12.5. The molecular formula is C21H22N2O3. The maximum Gasteiger partial charge on any atom is 0.355 e. The van der Waals surface area contributed by atoms with Gasteiger partial charge in [-0.2, -0.15) is 5.10 Å². The van der Waals surface area contributed by atoms with Crippen LogP contribution in [0.3, 0.4) is 0 Å². The Bertz CT molecular complexity index is 826. The summed E-state index contributed by atoms with van der Waals surface area (Å²) in [6.45, 7) is 4.08. The second-order valence-corrected chi connectivity index (χ2v) is 5.91. The molecule has 0 amide bonds. The standard InChI is InChI=1S/C21H22N2O3/c1-4-26-21(24)20-19(16-8-6-5-7-9-16)14-15(2)23(22-20)17-10-12-18(25-3)13-11-17/h5-14,19H,4H2,1-3H3/t19-/m1/s1. The first-order chi connectivity index (χ1) is 12.6. The number of carbonyl (C=O) groups is 1. The van der Waals surface area contributed by atoms with E-state index in [1.54, 1.807) is 19.0 Å². The van der Waals surface area contributed by atoms with E-state index in [0.717, 1.165) is 22.7 Å². The van der Waals surface area contributed by atoms with Crippen molar-refractivity contribution < 1.29 is 14.3 Å². The number of allylic oxidation sites excluding steroid dienone is 2. The highest BCUT2D eigenvalue weighted by Gasteiger charge is 2.30. The van der Waals surface area contributed by atoms with Crippen molar-refractivity contribution in [1.29, 1.82) is 0 Å². The fraction of sp³-hybridized carbons (Fsp3) is 0.238. The van der Waals surface area contributed by atoms with Crippen LogP contribution in [0.25, 0.3) is 0 Å². The molecule has 134 valence electrons. The summed E-state index contributed by atoms with van der Waals surface area (Å²) < 4.78 is 10.4. The summed E-state index contributed by atoms with van der Waals surface area (Å²) in [7, 11) is 1.63. The van der Waals surface area contributed by atoms with Crippen LogP contribution in [0.2, 0.25) is 0 Å². The number of anilines is 1. The quantitative estimate of drug-likeness (QED) is 0.761. The van der Waals surface area contributed by atoms with E-state index in [1.165, 1.54) is 0 Å². The van der Waals surface area contributed by atoms with Gasteiger partial charge >= 0.3 is 5.97 Å². The highest BCUT2D eigenvalue weighted by Crippen LogP contribution is 2.31. The minimum Gasteiger partial charge on any atom is -0.497 e. The lowest BCUT2D eigenvalue weighted by molar-refractivity contribution is -0.135. The van der Waals surface area contributed by atoms with Crippen molar-refractivity contribution in [1.82, 2.24) is 0 Å². The molecule has 0 saturated heterocycles. The number of benzene rings is 2. The van der Waals surface area contributed by atoms with E-state index >= 15 is 0 Å². The Hall–Kier alpha value is -3.08. The van der Waals surface area contributed by atoms with Gasteiger partial charge in [0.25, 0.3) is 0 Å². The molecule has 0 saturated carbocycles. The summed E-state index contributed by atoms with van der Waals surface area (Å²) in [5.41, 5.74) is 3.18. The topological polar surface area (TPSA) is 51.1 Å². The van der Waals surface area contributed by atoms with E-state index in [1.807, 2.05) is 67.6 Å². The Labute approximate surface area is 153 Å². The Morgan fingerprint density at radius 2 is 1.81 bits per heavy atom. The summed E-state index contributed by atoms with van der Waals surface area (Å²) in [6, 6.07) is 17.4. The average Bonchev–Trinajstić information content (AvgIpc) is 2.68. The Balaban J connectivity index is 2.01. The van der Waals surface area contributed by atoms with E-state index in [-0.39, 0.29) is 5.92 Å². The van der Waals surface area contributed by atoms with Crippen LogP contribution in [0.4, 0.5) is 5.69 Å². The highest BCUT2D eigenvalue weighted by molar-refractivity contribution is 6.39. The maximum atomic E-state index is 12.5. The van der Waals surface area contributed by atoms with E-state index in [2.05, 4.69) is 5.10 Å². The first kappa shape index (κ1) is 17.7. The van der Waals surface area contributed by atoms with Crippen molar-refractivity contribution in [3.05, 3.63) is 71.9 Å². The number of esters is 1. The first-order valence-corrected chi connectivity index (χ1v) is 8.57. The van der Waals surface area contributed by atoms with E-state index in [0.29, 0.717) is 12.3 Å². The molecule has 2 aromatic carbocycles. The number of hydrogen-bond donors (Lipinski definition) is 0. The number of hydrazone groups is 1. The summed E-state index contributed by atoms with van der Waals surface area (Å²) in [4.78, 5) is 12.5. The summed E-state index contributed by atoms with van der Waals surface area (Å²) in [5.74, 6) is 0.137. The monoisotopic (exact) mass is 350 g/mol. The molecule has 0 aromatic heterocycles. The molecule has 0 N–H and O–H groups in total. The predicted octanol–water partition coefficient (Wildman–Crippen LogP) is 4.12. The third kappa shape index (κ3) is 3.61. The molecule has 0 unspecified atom stereocenters. The van der Waals surface area contributed by atoms with Gasteiger partial charge in [-0.3, -0.25) is 0 Å². The van der Waals surface area contributed by atoms with E-state index < -0.39 is 5.97 Å². The van der Waals surface area contributed by atoms with Crippen LogP contribution in [0, 0.1) is 0 Å².